The molecule has 0 spiro atoms. The Hall–Kier alpha value is -2.36. The average Bonchev–Trinajstić information content (AvgIpc) is 2.46. The number of hydrogen-bond acceptors (Lipinski definition) is 2. The second-order valence-corrected chi connectivity index (χ2v) is 4.80. The summed E-state index contributed by atoms with van der Waals surface area (Å²) in [5.74, 6) is -0.729. The third-order valence-electron chi connectivity index (χ3n) is 3.27. The van der Waals surface area contributed by atoms with Crippen LogP contribution in [0, 0.1) is 5.41 Å². The summed E-state index contributed by atoms with van der Waals surface area (Å²) in [5, 5.41) is 9.25. The largest absolute Gasteiger partial charge is 0.370 e. The molecule has 1 aliphatic rings. The fourth-order valence-electron chi connectivity index (χ4n) is 2.36. The first-order valence-corrected chi connectivity index (χ1v) is 6.78. The highest BCUT2D eigenvalue weighted by Crippen LogP contribution is 2.29. The lowest BCUT2D eigenvalue weighted by Gasteiger charge is -2.15. The van der Waals surface area contributed by atoms with Crippen LogP contribution in [0.15, 0.2) is 36.4 Å². The van der Waals surface area contributed by atoms with E-state index in [1.165, 1.54) is 30.1 Å². The van der Waals surface area contributed by atoms with Gasteiger partial charge in [-0.3, -0.25) is 15.5 Å². The fraction of sp³-hybridized carbons (Fsp3) is 0.250. The van der Waals surface area contributed by atoms with Crippen LogP contribution >= 0.6 is 0 Å². The van der Waals surface area contributed by atoms with Gasteiger partial charge in [-0.15, -0.1) is 0 Å². The van der Waals surface area contributed by atoms with Crippen LogP contribution in [0.3, 0.4) is 0 Å². The Balaban J connectivity index is 2.20. The first-order chi connectivity index (χ1) is 9.66. The molecule has 1 aromatic carbocycles. The van der Waals surface area contributed by atoms with Crippen molar-refractivity contribution in [3.63, 3.8) is 0 Å². The molecule has 0 radical (unpaired) electrons. The summed E-state index contributed by atoms with van der Waals surface area (Å²) in [5.41, 5.74) is 8.66. The average molecular weight is 269 g/mol. The molecule has 4 nitrogen and oxygen atoms in total. The highest BCUT2D eigenvalue weighted by Gasteiger charge is 2.09. The Morgan fingerprint density at radius 2 is 2.10 bits per heavy atom. The summed E-state index contributed by atoms with van der Waals surface area (Å²) in [6.07, 6.45) is 10.1. The summed E-state index contributed by atoms with van der Waals surface area (Å²) in [6, 6.07) is 8.04. The number of amides is 1. The van der Waals surface area contributed by atoms with Gasteiger partial charge in [-0.1, -0.05) is 30.3 Å². The Kier molecular flexibility index (Phi) is 4.71. The minimum atomic E-state index is -0.384. The van der Waals surface area contributed by atoms with E-state index in [1.54, 1.807) is 6.08 Å². The topological polar surface area (TPSA) is 79.0 Å². The molecule has 1 aromatic rings. The predicted molar refractivity (Wildman–Crippen MR) is 82.0 cm³/mol. The van der Waals surface area contributed by atoms with E-state index in [0.29, 0.717) is 0 Å². The van der Waals surface area contributed by atoms with Gasteiger partial charge in [0.2, 0.25) is 0 Å². The molecule has 0 fully saturated rings. The second-order valence-electron chi connectivity index (χ2n) is 4.80. The molecular weight excluding hydrogens is 250 g/mol. The van der Waals surface area contributed by atoms with Crippen molar-refractivity contribution in [3.8, 4) is 0 Å². The highest BCUT2D eigenvalue weighted by atomic mass is 16.1. The number of carbonyl (C=O) groups is 1. The van der Waals surface area contributed by atoms with Crippen LogP contribution in [0.2, 0.25) is 0 Å². The molecule has 0 unspecified atom stereocenters. The van der Waals surface area contributed by atoms with Gasteiger partial charge in [-0.25, -0.2) is 0 Å². The Morgan fingerprint density at radius 3 is 2.80 bits per heavy atom. The van der Waals surface area contributed by atoms with Crippen LogP contribution in [0.25, 0.3) is 11.6 Å². The maximum atomic E-state index is 11.5. The number of hydrogen-bond donors (Lipinski definition) is 3. The van der Waals surface area contributed by atoms with Crippen LogP contribution in [0.5, 0.6) is 0 Å². The Labute approximate surface area is 118 Å². The second kappa shape index (κ2) is 6.70. The highest BCUT2D eigenvalue weighted by molar-refractivity contribution is 6.02. The Morgan fingerprint density at radius 1 is 1.30 bits per heavy atom. The lowest BCUT2D eigenvalue weighted by Crippen LogP contribution is -2.34. The molecule has 0 saturated carbocycles. The van der Waals surface area contributed by atoms with Crippen molar-refractivity contribution in [1.29, 1.82) is 5.41 Å². The standard InChI is InChI=1S/C16H19N3O/c17-16(18)19-15(20)11-10-13-8-4-5-9-14(13)12-6-2-1-3-7-12/h4-6,8-11H,1-3,7H2,(H4,17,18,19,20)/b11-10+. The van der Waals surface area contributed by atoms with Gasteiger partial charge in [0.05, 0.1) is 0 Å². The molecule has 20 heavy (non-hydrogen) atoms. The van der Waals surface area contributed by atoms with Gasteiger partial charge in [0.25, 0.3) is 5.91 Å². The number of nitrogens with one attached hydrogen (secondary N) is 2. The number of carbonyl (C=O) groups excluding carboxylic acids is 1. The fourth-order valence-corrected chi connectivity index (χ4v) is 2.36. The van der Waals surface area contributed by atoms with Crippen molar-refractivity contribution in [3.05, 3.63) is 47.5 Å². The van der Waals surface area contributed by atoms with Gasteiger partial charge in [-0.2, -0.15) is 0 Å². The zero-order valence-corrected chi connectivity index (χ0v) is 11.4. The molecule has 4 N–H and O–H groups in total. The minimum absolute atomic E-state index is 0.345. The lowest BCUT2D eigenvalue weighted by molar-refractivity contribution is -0.115. The number of nitrogens with two attached hydrogens (primary N) is 1. The van der Waals surface area contributed by atoms with E-state index < -0.39 is 0 Å². The van der Waals surface area contributed by atoms with E-state index >= 15 is 0 Å². The number of benzene rings is 1. The van der Waals surface area contributed by atoms with E-state index in [0.717, 1.165) is 18.4 Å². The molecule has 0 atom stereocenters. The summed E-state index contributed by atoms with van der Waals surface area (Å²) < 4.78 is 0. The number of guanidine groups is 1. The van der Waals surface area contributed by atoms with Gasteiger partial charge in [0.15, 0.2) is 5.96 Å². The zero-order chi connectivity index (χ0) is 14.4. The zero-order valence-electron chi connectivity index (χ0n) is 11.4. The van der Waals surface area contributed by atoms with Crippen molar-refractivity contribution >= 4 is 23.5 Å². The van der Waals surface area contributed by atoms with Crippen molar-refractivity contribution in [2.24, 2.45) is 5.73 Å². The molecule has 0 heterocycles. The molecule has 0 bridgehead atoms. The minimum Gasteiger partial charge on any atom is -0.370 e. The van der Waals surface area contributed by atoms with Crippen molar-refractivity contribution < 1.29 is 4.79 Å². The van der Waals surface area contributed by atoms with Gasteiger partial charge in [-0.05, 0) is 48.5 Å². The molecule has 4 heteroatoms. The third kappa shape index (κ3) is 3.82. The summed E-state index contributed by atoms with van der Waals surface area (Å²) in [6.45, 7) is 0. The van der Waals surface area contributed by atoms with Gasteiger partial charge < -0.3 is 5.73 Å². The van der Waals surface area contributed by atoms with Crippen LogP contribution in [-0.4, -0.2) is 11.9 Å². The smallest absolute Gasteiger partial charge is 0.250 e. The normalized spacial score (nSPS) is 14.9. The van der Waals surface area contributed by atoms with E-state index in [4.69, 9.17) is 11.1 Å². The van der Waals surface area contributed by atoms with E-state index in [-0.39, 0.29) is 11.9 Å². The maximum Gasteiger partial charge on any atom is 0.250 e. The summed E-state index contributed by atoms with van der Waals surface area (Å²) >= 11 is 0. The monoisotopic (exact) mass is 269 g/mol. The molecule has 104 valence electrons. The maximum absolute atomic E-state index is 11.5. The SMILES string of the molecule is N=C(N)NC(=O)/C=C/c1ccccc1C1=CCCCC1. The van der Waals surface area contributed by atoms with Crippen LogP contribution < -0.4 is 11.1 Å². The third-order valence-corrected chi connectivity index (χ3v) is 3.27. The van der Waals surface area contributed by atoms with Crippen LogP contribution in [0.1, 0.15) is 36.8 Å². The van der Waals surface area contributed by atoms with Crippen molar-refractivity contribution in [1.82, 2.24) is 5.32 Å². The van der Waals surface area contributed by atoms with E-state index in [9.17, 15) is 4.79 Å². The molecule has 0 saturated heterocycles. The summed E-state index contributed by atoms with van der Waals surface area (Å²) in [7, 11) is 0. The molecule has 1 aliphatic carbocycles. The number of rotatable bonds is 3. The van der Waals surface area contributed by atoms with Crippen LogP contribution in [-0.2, 0) is 4.79 Å². The van der Waals surface area contributed by atoms with Gasteiger partial charge >= 0.3 is 0 Å². The predicted octanol–water partition coefficient (Wildman–Crippen LogP) is 2.67. The van der Waals surface area contributed by atoms with Gasteiger partial charge in [0, 0.05) is 6.08 Å². The van der Waals surface area contributed by atoms with E-state index in [2.05, 4.69) is 17.5 Å². The Bertz CT molecular complexity index is 573. The molecule has 0 aromatic heterocycles. The first kappa shape index (κ1) is 14.1. The first-order valence-electron chi connectivity index (χ1n) is 6.78. The van der Waals surface area contributed by atoms with Crippen molar-refractivity contribution in [2.45, 2.75) is 25.7 Å². The quantitative estimate of drug-likeness (QED) is 0.448. The molecular formula is C16H19N3O. The molecule has 1 amide bonds. The summed E-state index contributed by atoms with van der Waals surface area (Å²) in [4.78, 5) is 11.5. The van der Waals surface area contributed by atoms with E-state index in [1.807, 2.05) is 18.2 Å². The molecule has 2 rings (SSSR count). The number of allylic oxidation sites excluding steroid dienone is 2. The molecule has 0 aliphatic heterocycles. The van der Waals surface area contributed by atoms with Crippen molar-refractivity contribution in [2.75, 3.05) is 0 Å². The van der Waals surface area contributed by atoms with Gasteiger partial charge in [0.1, 0.15) is 0 Å². The van der Waals surface area contributed by atoms with Crippen LogP contribution in [0.4, 0.5) is 0 Å². The lowest BCUT2D eigenvalue weighted by atomic mass is 9.90.